The first-order valence-corrected chi connectivity index (χ1v) is 9.37. The molecule has 3 rings (SSSR count). The van der Waals surface area contributed by atoms with Crippen LogP contribution in [0.2, 0.25) is 0 Å². The third kappa shape index (κ3) is 5.53. The van der Waals surface area contributed by atoms with Crippen LogP contribution in [0, 0.1) is 0 Å². The molecule has 28 heavy (non-hydrogen) atoms. The average molecular weight is 383 g/mol. The highest BCUT2D eigenvalue weighted by Crippen LogP contribution is 2.20. The highest BCUT2D eigenvalue weighted by molar-refractivity contribution is 5.94. The summed E-state index contributed by atoms with van der Waals surface area (Å²) in [5.74, 6) is 0.590. The Kier molecular flexibility index (Phi) is 6.97. The smallest absolute Gasteiger partial charge is 0.251 e. The molecule has 0 saturated carbocycles. The molecule has 0 unspecified atom stereocenters. The summed E-state index contributed by atoms with van der Waals surface area (Å²) in [5, 5.41) is 2.85. The lowest BCUT2D eigenvalue weighted by Gasteiger charge is -2.32. The Bertz CT molecular complexity index is 772. The van der Waals surface area contributed by atoms with Gasteiger partial charge in [0.05, 0.1) is 12.2 Å². The molecule has 1 aliphatic heterocycles. The molecule has 0 bridgehead atoms. The number of carbonyl (C=O) groups is 2. The van der Waals surface area contributed by atoms with Crippen LogP contribution in [0.3, 0.4) is 0 Å². The van der Waals surface area contributed by atoms with Crippen molar-refractivity contribution in [3.05, 3.63) is 59.9 Å². The van der Waals surface area contributed by atoms with Crippen molar-refractivity contribution in [1.82, 2.24) is 15.2 Å². The first-order chi connectivity index (χ1) is 13.7. The van der Waals surface area contributed by atoms with Gasteiger partial charge in [-0.25, -0.2) is 0 Å². The number of nitrogens with zero attached hydrogens (tertiary/aromatic N) is 2. The second kappa shape index (κ2) is 9.85. The van der Waals surface area contributed by atoms with E-state index in [4.69, 9.17) is 9.47 Å². The molecule has 1 aromatic heterocycles. The summed E-state index contributed by atoms with van der Waals surface area (Å²) in [5.41, 5.74) is 1.38. The zero-order valence-electron chi connectivity index (χ0n) is 16.0. The van der Waals surface area contributed by atoms with Crippen LogP contribution in [0.25, 0.3) is 0 Å². The molecule has 0 atom stereocenters. The highest BCUT2D eigenvalue weighted by Gasteiger charge is 2.23. The zero-order chi connectivity index (χ0) is 19.8. The molecular formula is C21H25N3O4. The lowest BCUT2D eigenvalue weighted by molar-refractivity contribution is -0.136. The molecule has 2 heterocycles. The normalized spacial score (nSPS) is 14.5. The van der Waals surface area contributed by atoms with Gasteiger partial charge in [-0.1, -0.05) is 6.07 Å². The number of carbonyl (C=O) groups excluding carboxylic acids is 2. The first-order valence-electron chi connectivity index (χ1n) is 9.37. The van der Waals surface area contributed by atoms with E-state index in [-0.39, 0.29) is 24.5 Å². The van der Waals surface area contributed by atoms with Crippen LogP contribution in [0.5, 0.6) is 5.75 Å². The third-order valence-electron chi connectivity index (χ3n) is 4.64. The molecule has 7 nitrogen and oxygen atoms in total. The topological polar surface area (TPSA) is 80.8 Å². The van der Waals surface area contributed by atoms with Gasteiger partial charge in [0.15, 0.2) is 0 Å². The molecule has 2 aromatic rings. The monoisotopic (exact) mass is 383 g/mol. The number of rotatable bonds is 7. The summed E-state index contributed by atoms with van der Waals surface area (Å²) < 4.78 is 10.9. The molecule has 0 spiro atoms. The maximum absolute atomic E-state index is 12.2. The molecule has 1 saturated heterocycles. The average Bonchev–Trinajstić information content (AvgIpc) is 2.74. The van der Waals surface area contributed by atoms with Crippen LogP contribution < -0.4 is 10.1 Å². The van der Waals surface area contributed by atoms with Gasteiger partial charge >= 0.3 is 0 Å². The summed E-state index contributed by atoms with van der Waals surface area (Å²) in [6, 6.07) is 12.7. The van der Waals surface area contributed by atoms with Crippen LogP contribution in [0.1, 0.15) is 28.9 Å². The fourth-order valence-electron chi connectivity index (χ4n) is 3.09. The van der Waals surface area contributed by atoms with Crippen LogP contribution in [-0.4, -0.2) is 54.6 Å². The lowest BCUT2D eigenvalue weighted by Crippen LogP contribution is -2.43. The van der Waals surface area contributed by atoms with Gasteiger partial charge in [0.2, 0.25) is 5.91 Å². The number of hydrogen-bond donors (Lipinski definition) is 1. The van der Waals surface area contributed by atoms with Gasteiger partial charge in [0.1, 0.15) is 18.5 Å². The largest absolute Gasteiger partial charge is 0.490 e. The van der Waals surface area contributed by atoms with Gasteiger partial charge in [-0.05, 0) is 36.4 Å². The van der Waals surface area contributed by atoms with Gasteiger partial charge in [-0.3, -0.25) is 14.6 Å². The van der Waals surface area contributed by atoms with Gasteiger partial charge in [0, 0.05) is 44.8 Å². The van der Waals surface area contributed by atoms with Crippen molar-refractivity contribution in [1.29, 1.82) is 0 Å². The summed E-state index contributed by atoms with van der Waals surface area (Å²) in [6.45, 7) is 1.84. The number of piperidine rings is 1. The summed E-state index contributed by atoms with van der Waals surface area (Å²) >= 11 is 0. The summed E-state index contributed by atoms with van der Waals surface area (Å²) in [4.78, 5) is 30.1. The number of nitrogens with one attached hydrogen (secondary N) is 1. The number of hydrogen-bond acceptors (Lipinski definition) is 5. The molecule has 2 amide bonds. The van der Waals surface area contributed by atoms with E-state index in [0.717, 1.165) is 24.3 Å². The number of pyridine rings is 1. The van der Waals surface area contributed by atoms with Crippen molar-refractivity contribution in [2.45, 2.75) is 25.5 Å². The van der Waals surface area contributed by atoms with E-state index >= 15 is 0 Å². The minimum Gasteiger partial charge on any atom is -0.490 e. The fourth-order valence-corrected chi connectivity index (χ4v) is 3.09. The molecule has 1 aliphatic rings. The quantitative estimate of drug-likeness (QED) is 0.791. The molecule has 148 valence electrons. The predicted octanol–water partition coefficient (Wildman–Crippen LogP) is 2.03. The number of aromatic nitrogens is 1. The molecule has 0 radical (unpaired) electrons. The zero-order valence-corrected chi connectivity index (χ0v) is 16.0. The van der Waals surface area contributed by atoms with E-state index in [2.05, 4.69) is 10.3 Å². The van der Waals surface area contributed by atoms with Gasteiger partial charge in [-0.2, -0.15) is 0 Å². The van der Waals surface area contributed by atoms with Gasteiger partial charge in [0.25, 0.3) is 5.91 Å². The third-order valence-corrected chi connectivity index (χ3v) is 4.64. The van der Waals surface area contributed by atoms with E-state index in [1.54, 1.807) is 35.4 Å². The molecule has 1 N–H and O–H groups in total. The van der Waals surface area contributed by atoms with Crippen LogP contribution in [0.4, 0.5) is 0 Å². The molecule has 1 aromatic carbocycles. The number of likely N-dealkylation sites (tertiary alicyclic amines) is 1. The van der Waals surface area contributed by atoms with Crippen molar-refractivity contribution in [3.8, 4) is 5.75 Å². The Morgan fingerprint density at radius 2 is 1.89 bits per heavy atom. The number of benzene rings is 1. The Hall–Kier alpha value is -2.93. The maximum Gasteiger partial charge on any atom is 0.251 e. The van der Waals surface area contributed by atoms with Crippen LogP contribution >= 0.6 is 0 Å². The van der Waals surface area contributed by atoms with E-state index in [0.29, 0.717) is 25.2 Å². The SMILES string of the molecule is COCC(=O)N1CCC(Oc2ccc(C(=O)NCc3ccccn3)cc2)CC1. The first kappa shape index (κ1) is 19.8. The Morgan fingerprint density at radius 1 is 1.14 bits per heavy atom. The lowest BCUT2D eigenvalue weighted by atomic mass is 10.1. The van der Waals surface area contributed by atoms with E-state index in [9.17, 15) is 9.59 Å². The van der Waals surface area contributed by atoms with E-state index < -0.39 is 0 Å². The number of amides is 2. The predicted molar refractivity (Wildman–Crippen MR) is 104 cm³/mol. The van der Waals surface area contributed by atoms with Gasteiger partial charge < -0.3 is 19.7 Å². The van der Waals surface area contributed by atoms with Gasteiger partial charge in [-0.15, -0.1) is 0 Å². The number of ether oxygens (including phenoxy) is 2. The van der Waals surface area contributed by atoms with Crippen LogP contribution in [0.15, 0.2) is 48.7 Å². The molecule has 1 fully saturated rings. The van der Waals surface area contributed by atoms with Crippen molar-refractivity contribution >= 4 is 11.8 Å². The maximum atomic E-state index is 12.2. The van der Waals surface area contributed by atoms with Crippen molar-refractivity contribution in [2.24, 2.45) is 0 Å². The fraction of sp³-hybridized carbons (Fsp3) is 0.381. The Morgan fingerprint density at radius 3 is 2.54 bits per heavy atom. The van der Waals surface area contributed by atoms with Crippen molar-refractivity contribution in [3.63, 3.8) is 0 Å². The highest BCUT2D eigenvalue weighted by atomic mass is 16.5. The Labute approximate surface area is 164 Å². The molecule has 7 heteroatoms. The Balaban J connectivity index is 1.45. The van der Waals surface area contributed by atoms with Crippen molar-refractivity contribution < 1.29 is 19.1 Å². The molecule has 0 aliphatic carbocycles. The summed E-state index contributed by atoms with van der Waals surface area (Å²) in [7, 11) is 1.52. The minimum absolute atomic E-state index is 0.0158. The second-order valence-electron chi connectivity index (χ2n) is 6.66. The second-order valence-corrected chi connectivity index (χ2v) is 6.66. The van der Waals surface area contributed by atoms with E-state index in [1.165, 1.54) is 7.11 Å². The van der Waals surface area contributed by atoms with Crippen molar-refractivity contribution in [2.75, 3.05) is 26.8 Å². The van der Waals surface area contributed by atoms with E-state index in [1.807, 2.05) is 18.2 Å². The molecular weight excluding hydrogens is 358 g/mol. The standard InChI is InChI=1S/C21H25N3O4/c1-27-15-20(25)24-12-9-19(10-13-24)28-18-7-5-16(6-8-18)21(26)23-14-17-4-2-3-11-22-17/h2-8,11,19H,9-10,12-15H2,1H3,(H,23,26). The minimum atomic E-state index is -0.151. The summed E-state index contributed by atoms with van der Waals surface area (Å²) in [6.07, 6.45) is 3.32. The van der Waals surface area contributed by atoms with Crippen LogP contribution in [-0.2, 0) is 16.1 Å². The number of methoxy groups -OCH3 is 1.